The molecule has 0 saturated heterocycles. The lowest BCUT2D eigenvalue weighted by Gasteiger charge is -2.12. The van der Waals surface area contributed by atoms with Gasteiger partial charge in [0.25, 0.3) is 0 Å². The number of hydrogen-bond donors (Lipinski definition) is 1. The molecule has 1 fully saturated rings. The Kier molecular flexibility index (Phi) is 3.94. The predicted molar refractivity (Wildman–Crippen MR) is 62.5 cm³/mol. The van der Waals surface area contributed by atoms with Crippen LogP contribution in [-0.4, -0.2) is 21.9 Å². The maximum Gasteiger partial charge on any atom is 0.433 e. The van der Waals surface area contributed by atoms with Crippen LogP contribution in [0, 0.1) is 5.92 Å². The lowest BCUT2D eigenvalue weighted by molar-refractivity contribution is -0.141. The molecule has 0 amide bonds. The summed E-state index contributed by atoms with van der Waals surface area (Å²) in [6.07, 6.45) is -0.504. The molecule has 0 aliphatic heterocycles. The second-order valence-corrected chi connectivity index (χ2v) is 5.04. The van der Waals surface area contributed by atoms with E-state index in [2.05, 4.69) is 15.3 Å². The van der Waals surface area contributed by atoms with E-state index in [1.807, 2.05) is 0 Å². The van der Waals surface area contributed by atoms with Gasteiger partial charge in [0.05, 0.1) is 0 Å². The minimum Gasteiger partial charge on any atom is -0.354 e. The number of halogens is 4. The van der Waals surface area contributed by atoms with Crippen LogP contribution in [0.4, 0.5) is 19.1 Å². The van der Waals surface area contributed by atoms with Gasteiger partial charge in [-0.25, -0.2) is 9.97 Å². The maximum atomic E-state index is 12.4. The van der Waals surface area contributed by atoms with Crippen LogP contribution in [0.3, 0.4) is 0 Å². The van der Waals surface area contributed by atoms with Crippen LogP contribution in [0.25, 0.3) is 0 Å². The van der Waals surface area contributed by atoms with Gasteiger partial charge < -0.3 is 5.32 Å². The molecule has 0 spiro atoms. The topological polar surface area (TPSA) is 37.8 Å². The molecule has 1 aromatic rings. The predicted octanol–water partition coefficient (Wildman–Crippen LogP) is 3.31. The van der Waals surface area contributed by atoms with Crippen molar-refractivity contribution in [2.24, 2.45) is 5.92 Å². The van der Waals surface area contributed by atoms with Crippen molar-refractivity contribution in [3.05, 3.63) is 18.0 Å². The Hall–Kier alpha value is -1.04. The van der Waals surface area contributed by atoms with E-state index in [0.717, 1.165) is 31.5 Å². The van der Waals surface area contributed by atoms with Crippen LogP contribution >= 0.6 is 11.6 Å². The van der Waals surface area contributed by atoms with Crippen molar-refractivity contribution in [3.63, 3.8) is 0 Å². The summed E-state index contributed by atoms with van der Waals surface area (Å²) in [5.74, 6) is 0.397. The molecular formula is C11H13ClF3N3. The third-order valence-corrected chi connectivity index (χ3v) is 3.37. The van der Waals surface area contributed by atoms with Gasteiger partial charge in [0, 0.05) is 18.1 Å². The highest BCUT2D eigenvalue weighted by Gasteiger charge is 2.32. The molecule has 1 aliphatic rings. The number of nitrogens with one attached hydrogen (secondary N) is 1. The number of hydrogen-bond acceptors (Lipinski definition) is 3. The van der Waals surface area contributed by atoms with E-state index in [1.54, 1.807) is 0 Å². The Bertz CT molecular complexity index is 411. The molecule has 1 N–H and O–H groups in total. The van der Waals surface area contributed by atoms with Gasteiger partial charge in [0.15, 0.2) is 0 Å². The molecule has 100 valence electrons. The smallest absolute Gasteiger partial charge is 0.354 e. The summed E-state index contributed by atoms with van der Waals surface area (Å²) in [7, 11) is 0. The zero-order valence-corrected chi connectivity index (χ0v) is 10.3. The highest BCUT2D eigenvalue weighted by atomic mass is 35.5. The number of alkyl halides is 4. The lowest BCUT2D eigenvalue weighted by atomic mass is 10.1. The van der Waals surface area contributed by atoms with Crippen LogP contribution < -0.4 is 5.32 Å². The van der Waals surface area contributed by atoms with Crippen molar-refractivity contribution in [1.82, 2.24) is 9.97 Å². The standard InChI is InChI=1S/C11H13ClF3N3/c12-8-2-1-7(5-8)6-17-10-16-4-3-9(18-10)11(13,14)15/h3-4,7-8H,1-2,5-6H2,(H,16,17,18). The van der Waals surface area contributed by atoms with Gasteiger partial charge in [0.2, 0.25) is 5.95 Å². The van der Waals surface area contributed by atoms with Crippen molar-refractivity contribution in [2.45, 2.75) is 30.8 Å². The van der Waals surface area contributed by atoms with Crippen LogP contribution in [0.2, 0.25) is 0 Å². The molecule has 0 bridgehead atoms. The van der Waals surface area contributed by atoms with E-state index in [4.69, 9.17) is 11.6 Å². The van der Waals surface area contributed by atoms with Gasteiger partial charge in [-0.2, -0.15) is 13.2 Å². The Morgan fingerprint density at radius 1 is 1.39 bits per heavy atom. The van der Waals surface area contributed by atoms with Gasteiger partial charge in [-0.15, -0.1) is 11.6 Å². The quantitative estimate of drug-likeness (QED) is 0.863. The van der Waals surface area contributed by atoms with Crippen molar-refractivity contribution in [2.75, 3.05) is 11.9 Å². The first-order chi connectivity index (χ1) is 8.45. The number of anilines is 1. The third-order valence-electron chi connectivity index (χ3n) is 2.97. The summed E-state index contributed by atoms with van der Waals surface area (Å²) < 4.78 is 37.3. The van der Waals surface area contributed by atoms with Gasteiger partial charge in [-0.3, -0.25) is 0 Å². The fraction of sp³-hybridized carbons (Fsp3) is 0.636. The SMILES string of the molecule is FC(F)(F)c1ccnc(NCC2CCC(Cl)C2)n1. The van der Waals surface area contributed by atoms with E-state index in [-0.39, 0.29) is 11.3 Å². The fourth-order valence-electron chi connectivity index (χ4n) is 2.04. The monoisotopic (exact) mass is 279 g/mol. The van der Waals surface area contributed by atoms with Gasteiger partial charge in [0.1, 0.15) is 5.69 Å². The second kappa shape index (κ2) is 5.30. The van der Waals surface area contributed by atoms with Crippen LogP contribution in [0.15, 0.2) is 12.3 Å². The van der Waals surface area contributed by atoms with Gasteiger partial charge in [-0.1, -0.05) is 0 Å². The van der Waals surface area contributed by atoms with Crippen molar-refractivity contribution < 1.29 is 13.2 Å². The first kappa shape index (κ1) is 13.4. The molecule has 0 aromatic carbocycles. The van der Waals surface area contributed by atoms with Crippen LogP contribution in [-0.2, 0) is 6.18 Å². The largest absolute Gasteiger partial charge is 0.433 e. The number of aromatic nitrogens is 2. The highest BCUT2D eigenvalue weighted by Crippen LogP contribution is 2.30. The van der Waals surface area contributed by atoms with Gasteiger partial charge >= 0.3 is 6.18 Å². The molecule has 1 aliphatic carbocycles. The summed E-state index contributed by atoms with van der Waals surface area (Å²) in [4.78, 5) is 7.22. The molecule has 2 unspecified atom stereocenters. The van der Waals surface area contributed by atoms with Crippen molar-refractivity contribution in [1.29, 1.82) is 0 Å². The van der Waals surface area contributed by atoms with E-state index in [1.165, 1.54) is 0 Å². The fourth-order valence-corrected chi connectivity index (χ4v) is 2.41. The Morgan fingerprint density at radius 3 is 2.78 bits per heavy atom. The Balaban J connectivity index is 1.93. The third kappa shape index (κ3) is 3.48. The van der Waals surface area contributed by atoms with E-state index in [0.29, 0.717) is 12.5 Å². The number of nitrogens with zero attached hydrogens (tertiary/aromatic N) is 2. The lowest BCUT2D eigenvalue weighted by Crippen LogP contribution is -2.16. The van der Waals surface area contributed by atoms with Crippen LogP contribution in [0.1, 0.15) is 25.0 Å². The van der Waals surface area contributed by atoms with E-state index >= 15 is 0 Å². The average molecular weight is 280 g/mol. The molecule has 1 aromatic heterocycles. The first-order valence-electron chi connectivity index (χ1n) is 5.73. The highest BCUT2D eigenvalue weighted by molar-refractivity contribution is 6.20. The molecule has 0 radical (unpaired) electrons. The molecule has 2 rings (SSSR count). The Labute approximate surface area is 108 Å². The molecule has 18 heavy (non-hydrogen) atoms. The summed E-state index contributed by atoms with van der Waals surface area (Å²) in [5.41, 5.74) is -0.929. The van der Waals surface area contributed by atoms with E-state index in [9.17, 15) is 13.2 Å². The molecule has 3 nitrogen and oxygen atoms in total. The summed E-state index contributed by atoms with van der Waals surface area (Å²) in [6, 6.07) is 0.857. The van der Waals surface area contributed by atoms with E-state index < -0.39 is 11.9 Å². The van der Waals surface area contributed by atoms with Crippen molar-refractivity contribution in [3.8, 4) is 0 Å². The van der Waals surface area contributed by atoms with Gasteiger partial charge in [-0.05, 0) is 31.2 Å². The molecule has 7 heteroatoms. The molecular weight excluding hydrogens is 267 g/mol. The molecule has 1 heterocycles. The molecule has 1 saturated carbocycles. The second-order valence-electron chi connectivity index (χ2n) is 4.42. The minimum atomic E-state index is -4.44. The minimum absolute atomic E-state index is 0.0165. The normalized spacial score (nSPS) is 24.2. The van der Waals surface area contributed by atoms with Crippen LogP contribution in [0.5, 0.6) is 0 Å². The average Bonchev–Trinajstić information content (AvgIpc) is 2.72. The first-order valence-corrected chi connectivity index (χ1v) is 6.17. The maximum absolute atomic E-state index is 12.4. The summed E-state index contributed by atoms with van der Waals surface area (Å²) >= 11 is 5.97. The number of rotatable bonds is 3. The summed E-state index contributed by atoms with van der Waals surface area (Å²) in [5, 5.41) is 3.02. The van der Waals surface area contributed by atoms with Crippen molar-refractivity contribution >= 4 is 17.5 Å². The zero-order chi connectivity index (χ0) is 13.2. The Morgan fingerprint density at radius 2 is 2.17 bits per heavy atom. The molecule has 2 atom stereocenters. The summed E-state index contributed by atoms with van der Waals surface area (Å²) in [6.45, 7) is 0.560. The zero-order valence-electron chi connectivity index (χ0n) is 9.54.